The van der Waals surface area contributed by atoms with Crippen LogP contribution in [0.25, 0.3) is 6.08 Å². The van der Waals surface area contributed by atoms with E-state index >= 15 is 0 Å². The number of hydrogen-bond acceptors (Lipinski definition) is 6. The van der Waals surface area contributed by atoms with Gasteiger partial charge in [-0.15, -0.1) is 10.2 Å². The molecule has 1 unspecified atom stereocenters. The fraction of sp³-hybridized carbons (Fsp3) is 0.316. The van der Waals surface area contributed by atoms with Crippen molar-refractivity contribution < 1.29 is 19.5 Å². The summed E-state index contributed by atoms with van der Waals surface area (Å²) in [4.78, 5) is 34.4. The molecule has 2 aromatic rings. The number of nitrogens with zero attached hydrogens (tertiary/aromatic N) is 3. The minimum atomic E-state index is -0.341. The summed E-state index contributed by atoms with van der Waals surface area (Å²) < 4.78 is 0. The Hall–Kier alpha value is -3.07. The van der Waals surface area contributed by atoms with E-state index in [1.807, 2.05) is 49.4 Å². The van der Waals surface area contributed by atoms with Gasteiger partial charge in [0.25, 0.3) is 6.47 Å². The number of benzene rings is 1. The van der Waals surface area contributed by atoms with Crippen molar-refractivity contribution in [2.24, 2.45) is 5.92 Å². The van der Waals surface area contributed by atoms with Gasteiger partial charge < -0.3 is 10.4 Å². The predicted octanol–water partition coefficient (Wildman–Crippen LogP) is 1.98. The summed E-state index contributed by atoms with van der Waals surface area (Å²) in [7, 11) is 0. The van der Waals surface area contributed by atoms with Gasteiger partial charge >= 0.3 is 0 Å². The van der Waals surface area contributed by atoms with Crippen molar-refractivity contribution in [2.45, 2.75) is 19.8 Å². The quantitative estimate of drug-likeness (QED) is 0.715. The second-order valence-corrected chi connectivity index (χ2v) is 6.94. The topological polar surface area (TPSA) is 112 Å². The molecule has 0 radical (unpaired) electrons. The van der Waals surface area contributed by atoms with Crippen molar-refractivity contribution in [3.63, 3.8) is 0 Å². The Balaban J connectivity index is 0.000000878. The van der Waals surface area contributed by atoms with Gasteiger partial charge in [-0.05, 0) is 12.0 Å². The molecule has 0 aliphatic carbocycles. The summed E-state index contributed by atoms with van der Waals surface area (Å²) in [6.45, 7) is 2.55. The van der Waals surface area contributed by atoms with Crippen molar-refractivity contribution in [1.29, 1.82) is 0 Å². The van der Waals surface area contributed by atoms with Crippen LogP contribution in [-0.4, -0.2) is 46.7 Å². The van der Waals surface area contributed by atoms with Crippen LogP contribution in [0.15, 0.2) is 36.4 Å². The molecule has 28 heavy (non-hydrogen) atoms. The van der Waals surface area contributed by atoms with Gasteiger partial charge in [-0.2, -0.15) is 0 Å². The third-order valence-corrected chi connectivity index (χ3v) is 5.08. The number of carbonyl (C=O) groups excluding carboxylic acids is 2. The summed E-state index contributed by atoms with van der Waals surface area (Å²) in [5.41, 5.74) is 1.09. The second-order valence-electron chi connectivity index (χ2n) is 5.90. The van der Waals surface area contributed by atoms with Gasteiger partial charge in [-0.3, -0.25) is 19.3 Å². The Morgan fingerprint density at radius 2 is 2.07 bits per heavy atom. The maximum Gasteiger partial charge on any atom is 0.290 e. The van der Waals surface area contributed by atoms with E-state index in [-0.39, 0.29) is 30.6 Å². The van der Waals surface area contributed by atoms with Crippen LogP contribution in [0, 0.1) is 5.92 Å². The highest BCUT2D eigenvalue weighted by Gasteiger charge is 2.36. The van der Waals surface area contributed by atoms with Crippen molar-refractivity contribution in [2.75, 3.05) is 18.0 Å². The number of amides is 2. The van der Waals surface area contributed by atoms with E-state index in [1.54, 1.807) is 4.90 Å². The Labute approximate surface area is 166 Å². The molecule has 1 fully saturated rings. The Bertz CT molecular complexity index is 822. The van der Waals surface area contributed by atoms with Crippen molar-refractivity contribution in [3.8, 4) is 0 Å². The van der Waals surface area contributed by atoms with Crippen molar-refractivity contribution >= 4 is 40.8 Å². The zero-order valence-electron chi connectivity index (χ0n) is 15.4. The molecule has 1 aliphatic rings. The number of aromatic nitrogens is 2. The fourth-order valence-electron chi connectivity index (χ4n) is 2.63. The molecule has 2 amide bonds. The average molecular weight is 402 g/mol. The minimum absolute atomic E-state index is 0.0706. The van der Waals surface area contributed by atoms with Crippen LogP contribution in [0.4, 0.5) is 5.13 Å². The van der Waals surface area contributed by atoms with Crippen LogP contribution in [0.1, 0.15) is 23.9 Å². The molecule has 1 aliphatic heterocycles. The van der Waals surface area contributed by atoms with E-state index in [0.717, 1.165) is 17.0 Å². The van der Waals surface area contributed by atoms with E-state index in [0.29, 0.717) is 18.2 Å². The van der Waals surface area contributed by atoms with Gasteiger partial charge in [0.15, 0.2) is 0 Å². The van der Waals surface area contributed by atoms with E-state index in [2.05, 4.69) is 15.5 Å². The molecule has 1 saturated heterocycles. The molecule has 1 aromatic heterocycles. The maximum absolute atomic E-state index is 12.3. The molecule has 1 aromatic carbocycles. The van der Waals surface area contributed by atoms with Crippen molar-refractivity contribution in [3.05, 3.63) is 47.0 Å². The third-order valence-electron chi connectivity index (χ3n) is 3.99. The van der Waals surface area contributed by atoms with Crippen LogP contribution in [0.5, 0.6) is 0 Å². The monoisotopic (exact) mass is 402 g/mol. The lowest BCUT2D eigenvalue weighted by Crippen LogP contribution is -2.33. The standard InChI is InChI=1S/C18H20N4O2S.CH2O2/c1-2-15-20-21-18(25-15)22-12-14(11-16(22)23)17(24)19-10-6-9-13-7-4-3-5-8-13;2-1-3/h3-9,14H,2,10-12H2,1H3,(H,19,24);1H,(H,2,3)/b9-6+;. The maximum atomic E-state index is 12.3. The number of nitrogens with one attached hydrogen (secondary N) is 1. The summed E-state index contributed by atoms with van der Waals surface area (Å²) in [6.07, 6.45) is 4.87. The fourth-order valence-corrected chi connectivity index (χ4v) is 3.43. The highest BCUT2D eigenvalue weighted by molar-refractivity contribution is 7.15. The van der Waals surface area contributed by atoms with Gasteiger partial charge in [0.2, 0.25) is 16.9 Å². The summed E-state index contributed by atoms with van der Waals surface area (Å²) in [5.74, 6) is -0.515. The SMILES string of the molecule is CCc1nnc(N2CC(C(=O)NC/C=C/c3ccccc3)CC2=O)s1.O=CO. The smallest absolute Gasteiger partial charge is 0.290 e. The van der Waals surface area contributed by atoms with E-state index in [4.69, 9.17) is 9.90 Å². The van der Waals surface area contributed by atoms with Gasteiger partial charge in [0.05, 0.1) is 5.92 Å². The molecule has 3 rings (SSSR count). The average Bonchev–Trinajstić information content (AvgIpc) is 3.33. The second kappa shape index (κ2) is 10.9. The first-order valence-corrected chi connectivity index (χ1v) is 9.60. The van der Waals surface area contributed by atoms with Crippen LogP contribution >= 0.6 is 11.3 Å². The molecule has 0 saturated carbocycles. The van der Waals surface area contributed by atoms with Gasteiger partial charge in [-0.25, -0.2) is 0 Å². The Morgan fingerprint density at radius 3 is 2.71 bits per heavy atom. The number of rotatable bonds is 6. The molecule has 9 heteroatoms. The number of carbonyl (C=O) groups is 3. The predicted molar refractivity (Wildman–Crippen MR) is 107 cm³/mol. The molecule has 2 heterocycles. The van der Waals surface area contributed by atoms with E-state index < -0.39 is 0 Å². The molecule has 148 valence electrons. The highest BCUT2D eigenvalue weighted by Crippen LogP contribution is 2.28. The summed E-state index contributed by atoms with van der Waals surface area (Å²) in [5, 5.41) is 19.3. The molecule has 8 nitrogen and oxygen atoms in total. The molecule has 2 N–H and O–H groups in total. The van der Waals surface area contributed by atoms with Gasteiger partial charge in [0.1, 0.15) is 5.01 Å². The number of carboxylic acid groups (broad SMARTS) is 1. The number of aryl methyl sites for hydroxylation is 1. The van der Waals surface area contributed by atoms with Gasteiger partial charge in [-0.1, -0.05) is 60.7 Å². The summed E-state index contributed by atoms with van der Waals surface area (Å²) >= 11 is 1.41. The Morgan fingerprint density at radius 1 is 1.36 bits per heavy atom. The van der Waals surface area contributed by atoms with Crippen LogP contribution in [0.3, 0.4) is 0 Å². The van der Waals surface area contributed by atoms with Crippen LogP contribution in [0.2, 0.25) is 0 Å². The van der Waals surface area contributed by atoms with E-state index in [9.17, 15) is 9.59 Å². The largest absolute Gasteiger partial charge is 0.483 e. The lowest BCUT2D eigenvalue weighted by molar-refractivity contribution is -0.126. The highest BCUT2D eigenvalue weighted by atomic mass is 32.1. The molecule has 0 spiro atoms. The lowest BCUT2D eigenvalue weighted by atomic mass is 10.1. The van der Waals surface area contributed by atoms with Gasteiger partial charge in [0, 0.05) is 19.5 Å². The third kappa shape index (κ3) is 5.98. The molecule has 1 atom stereocenters. The lowest BCUT2D eigenvalue weighted by Gasteiger charge is -2.12. The zero-order chi connectivity index (χ0) is 20.4. The van der Waals surface area contributed by atoms with Crippen LogP contribution < -0.4 is 10.2 Å². The molecule has 0 bridgehead atoms. The van der Waals surface area contributed by atoms with Crippen LogP contribution in [-0.2, 0) is 20.8 Å². The first-order valence-electron chi connectivity index (χ1n) is 8.78. The Kier molecular flexibility index (Phi) is 8.29. The summed E-state index contributed by atoms with van der Waals surface area (Å²) in [6, 6.07) is 9.89. The van der Waals surface area contributed by atoms with E-state index in [1.165, 1.54) is 11.3 Å². The van der Waals surface area contributed by atoms with Crippen molar-refractivity contribution in [1.82, 2.24) is 15.5 Å². The first kappa shape index (κ1) is 21.2. The number of hydrogen-bond donors (Lipinski definition) is 2. The zero-order valence-corrected chi connectivity index (χ0v) is 16.3. The first-order chi connectivity index (χ1) is 13.6. The number of anilines is 1. The molecular weight excluding hydrogens is 380 g/mol. The molecular formula is C19H22N4O4S. The normalized spacial score (nSPS) is 16.0. The minimum Gasteiger partial charge on any atom is -0.483 e.